The first-order valence-corrected chi connectivity index (χ1v) is 8.26. The van der Waals surface area contributed by atoms with E-state index in [0.29, 0.717) is 33.7 Å². The molecule has 3 aromatic rings. The predicted octanol–water partition coefficient (Wildman–Crippen LogP) is 2.57. The molecule has 0 saturated heterocycles. The Bertz CT molecular complexity index is 1040. The average Bonchev–Trinajstić information content (AvgIpc) is 2.69. The molecule has 7 nitrogen and oxygen atoms in total. The summed E-state index contributed by atoms with van der Waals surface area (Å²) in [5.41, 5.74) is 0.445. The monoisotopic (exact) mass is 368 g/mol. The van der Waals surface area contributed by atoms with Crippen LogP contribution in [-0.2, 0) is 11.8 Å². The van der Waals surface area contributed by atoms with Crippen LogP contribution in [0, 0.1) is 0 Å². The molecule has 1 aromatic heterocycles. The summed E-state index contributed by atoms with van der Waals surface area (Å²) in [4.78, 5) is 24.4. The Labute approximate surface area is 156 Å². The minimum absolute atomic E-state index is 0.118. The van der Waals surface area contributed by atoms with Gasteiger partial charge < -0.3 is 24.1 Å². The highest BCUT2D eigenvalue weighted by Crippen LogP contribution is 2.29. The second kappa shape index (κ2) is 7.82. The van der Waals surface area contributed by atoms with E-state index in [1.165, 1.54) is 11.7 Å². The topological polar surface area (TPSA) is 78.8 Å². The van der Waals surface area contributed by atoms with Crippen molar-refractivity contribution in [2.45, 2.75) is 0 Å². The number of rotatable bonds is 6. The number of fused-ring (bicyclic) bond motifs is 1. The lowest BCUT2D eigenvalue weighted by atomic mass is 10.1. The van der Waals surface area contributed by atoms with Gasteiger partial charge in [-0.3, -0.25) is 9.59 Å². The molecule has 3 rings (SSSR count). The van der Waals surface area contributed by atoms with Crippen LogP contribution in [0.1, 0.15) is 0 Å². The lowest BCUT2D eigenvalue weighted by Crippen LogP contribution is -2.20. The second-order valence-corrected chi connectivity index (χ2v) is 5.86. The van der Waals surface area contributed by atoms with E-state index >= 15 is 0 Å². The molecule has 0 spiro atoms. The van der Waals surface area contributed by atoms with E-state index in [2.05, 4.69) is 5.32 Å². The van der Waals surface area contributed by atoms with Crippen LogP contribution < -0.4 is 25.1 Å². The highest BCUT2D eigenvalue weighted by molar-refractivity contribution is 5.93. The van der Waals surface area contributed by atoms with Crippen LogP contribution in [0.25, 0.3) is 10.8 Å². The number of aryl methyl sites for hydroxylation is 1. The summed E-state index contributed by atoms with van der Waals surface area (Å²) in [6, 6.07) is 12.1. The van der Waals surface area contributed by atoms with Crippen molar-refractivity contribution < 1.29 is 19.0 Å². The van der Waals surface area contributed by atoms with E-state index in [9.17, 15) is 9.59 Å². The number of anilines is 1. The van der Waals surface area contributed by atoms with Crippen molar-refractivity contribution in [1.82, 2.24) is 4.57 Å². The van der Waals surface area contributed by atoms with Crippen molar-refractivity contribution in [3.63, 3.8) is 0 Å². The van der Waals surface area contributed by atoms with Crippen molar-refractivity contribution in [3.05, 3.63) is 59.0 Å². The SMILES string of the molecule is COc1ccc(NC(=O)COc2cccc3c(=O)n(C)ccc23)cc1OC. The van der Waals surface area contributed by atoms with E-state index in [-0.39, 0.29) is 18.1 Å². The Balaban J connectivity index is 1.72. The Morgan fingerprint density at radius 2 is 1.78 bits per heavy atom. The second-order valence-electron chi connectivity index (χ2n) is 5.86. The van der Waals surface area contributed by atoms with Gasteiger partial charge in [0.1, 0.15) is 5.75 Å². The maximum absolute atomic E-state index is 12.2. The number of benzene rings is 2. The maximum Gasteiger partial charge on any atom is 0.262 e. The van der Waals surface area contributed by atoms with E-state index < -0.39 is 0 Å². The van der Waals surface area contributed by atoms with E-state index in [1.54, 1.807) is 62.8 Å². The standard InChI is InChI=1S/C20H20N2O5/c1-22-10-9-14-15(20(22)24)5-4-6-16(14)27-12-19(23)21-13-7-8-17(25-2)18(11-13)26-3/h4-11H,12H2,1-3H3,(H,21,23). The Hall–Kier alpha value is -3.48. The van der Waals surface area contributed by atoms with Crippen LogP contribution in [-0.4, -0.2) is 31.3 Å². The van der Waals surface area contributed by atoms with Gasteiger partial charge in [-0.05, 0) is 30.3 Å². The molecular formula is C20H20N2O5. The number of pyridine rings is 1. The third-order valence-electron chi connectivity index (χ3n) is 4.11. The first-order chi connectivity index (χ1) is 13.0. The highest BCUT2D eigenvalue weighted by Gasteiger charge is 2.10. The Morgan fingerprint density at radius 1 is 1.00 bits per heavy atom. The lowest BCUT2D eigenvalue weighted by Gasteiger charge is -2.12. The summed E-state index contributed by atoms with van der Waals surface area (Å²) in [6.07, 6.45) is 1.67. The first-order valence-electron chi connectivity index (χ1n) is 8.26. The molecule has 0 aliphatic carbocycles. The van der Waals surface area contributed by atoms with Crippen molar-refractivity contribution in [3.8, 4) is 17.2 Å². The molecule has 140 valence electrons. The molecule has 1 N–H and O–H groups in total. The van der Waals surface area contributed by atoms with Gasteiger partial charge in [-0.1, -0.05) is 6.07 Å². The van der Waals surface area contributed by atoms with Gasteiger partial charge in [0.05, 0.1) is 19.6 Å². The molecule has 27 heavy (non-hydrogen) atoms. The number of carbonyl (C=O) groups is 1. The smallest absolute Gasteiger partial charge is 0.262 e. The number of ether oxygens (including phenoxy) is 3. The Morgan fingerprint density at radius 3 is 2.52 bits per heavy atom. The van der Waals surface area contributed by atoms with Crippen LogP contribution in [0.5, 0.6) is 17.2 Å². The molecule has 0 aliphatic rings. The number of nitrogens with zero attached hydrogens (tertiary/aromatic N) is 1. The number of amides is 1. The van der Waals surface area contributed by atoms with Gasteiger partial charge in [-0.2, -0.15) is 0 Å². The van der Waals surface area contributed by atoms with Crippen molar-refractivity contribution >= 4 is 22.4 Å². The van der Waals surface area contributed by atoms with Gasteiger partial charge in [0.2, 0.25) is 0 Å². The summed E-state index contributed by atoms with van der Waals surface area (Å²) in [7, 11) is 4.75. The number of hydrogen-bond acceptors (Lipinski definition) is 5. The molecule has 7 heteroatoms. The van der Waals surface area contributed by atoms with E-state index in [0.717, 1.165) is 0 Å². The zero-order chi connectivity index (χ0) is 19.4. The quantitative estimate of drug-likeness (QED) is 0.723. The molecule has 1 amide bonds. The minimum atomic E-state index is -0.331. The van der Waals surface area contributed by atoms with Gasteiger partial charge in [-0.15, -0.1) is 0 Å². The fourth-order valence-corrected chi connectivity index (χ4v) is 2.73. The highest BCUT2D eigenvalue weighted by atomic mass is 16.5. The van der Waals surface area contributed by atoms with E-state index in [1.807, 2.05) is 0 Å². The molecule has 0 saturated carbocycles. The van der Waals surface area contributed by atoms with Gasteiger partial charge >= 0.3 is 0 Å². The summed E-state index contributed by atoms with van der Waals surface area (Å²) < 4.78 is 17.5. The fourth-order valence-electron chi connectivity index (χ4n) is 2.73. The Kier molecular flexibility index (Phi) is 5.30. The van der Waals surface area contributed by atoms with E-state index in [4.69, 9.17) is 14.2 Å². The van der Waals surface area contributed by atoms with Crippen molar-refractivity contribution in [2.75, 3.05) is 26.1 Å². The number of hydrogen-bond donors (Lipinski definition) is 1. The van der Waals surface area contributed by atoms with Crippen LogP contribution in [0.2, 0.25) is 0 Å². The fraction of sp³-hybridized carbons (Fsp3) is 0.200. The van der Waals surface area contributed by atoms with Gasteiger partial charge in [0, 0.05) is 30.4 Å². The molecule has 0 bridgehead atoms. The van der Waals surface area contributed by atoms with Crippen molar-refractivity contribution in [1.29, 1.82) is 0 Å². The molecule has 0 radical (unpaired) electrons. The zero-order valence-corrected chi connectivity index (χ0v) is 15.3. The number of methoxy groups -OCH3 is 2. The third kappa shape index (κ3) is 3.87. The molecular weight excluding hydrogens is 348 g/mol. The predicted molar refractivity (Wildman–Crippen MR) is 103 cm³/mol. The van der Waals surface area contributed by atoms with Gasteiger partial charge in [-0.25, -0.2) is 0 Å². The van der Waals surface area contributed by atoms with Crippen molar-refractivity contribution in [2.24, 2.45) is 7.05 Å². The molecule has 0 atom stereocenters. The zero-order valence-electron chi connectivity index (χ0n) is 15.3. The van der Waals surface area contributed by atoms with Crippen LogP contribution in [0.4, 0.5) is 5.69 Å². The maximum atomic E-state index is 12.2. The summed E-state index contributed by atoms with van der Waals surface area (Å²) in [6.45, 7) is -0.192. The van der Waals surface area contributed by atoms with Gasteiger partial charge in [0.15, 0.2) is 18.1 Å². The minimum Gasteiger partial charge on any atom is -0.493 e. The molecule has 0 fully saturated rings. The van der Waals surface area contributed by atoms with Crippen LogP contribution in [0.15, 0.2) is 53.5 Å². The molecule has 1 heterocycles. The number of carbonyl (C=O) groups excluding carboxylic acids is 1. The number of aromatic nitrogens is 1. The third-order valence-corrected chi connectivity index (χ3v) is 4.11. The summed E-state index contributed by atoms with van der Waals surface area (Å²) in [5.74, 6) is 1.24. The lowest BCUT2D eigenvalue weighted by molar-refractivity contribution is -0.118. The number of nitrogens with one attached hydrogen (secondary N) is 1. The first kappa shape index (κ1) is 18.3. The van der Waals surface area contributed by atoms with Crippen LogP contribution in [0.3, 0.4) is 0 Å². The average molecular weight is 368 g/mol. The normalized spacial score (nSPS) is 10.5. The summed E-state index contributed by atoms with van der Waals surface area (Å²) in [5, 5.41) is 3.95. The molecule has 0 aliphatic heterocycles. The van der Waals surface area contributed by atoms with Crippen LogP contribution >= 0.6 is 0 Å². The van der Waals surface area contributed by atoms with Gasteiger partial charge in [0.25, 0.3) is 11.5 Å². The molecule has 0 unspecified atom stereocenters. The largest absolute Gasteiger partial charge is 0.493 e. The molecule has 2 aromatic carbocycles. The summed E-state index contributed by atoms with van der Waals surface area (Å²) >= 11 is 0.